The molecule has 4 saturated carbocycles. The van der Waals surface area contributed by atoms with Gasteiger partial charge in [0.2, 0.25) is 0 Å². The standard InChI is InChI=1S/C16H21BrN2S/c1-2-12-13(17)14(20)19-15(18-12)16-6-9-3-10(7-16)5-11(4-9)8-16/h9-11H,2-8H2,1H3,(H,18,19,20). The zero-order valence-corrected chi connectivity index (χ0v) is 14.3. The summed E-state index contributed by atoms with van der Waals surface area (Å²) in [5, 5.41) is 0. The van der Waals surface area contributed by atoms with Crippen LogP contribution in [0.3, 0.4) is 0 Å². The van der Waals surface area contributed by atoms with Gasteiger partial charge in [-0.15, -0.1) is 0 Å². The molecule has 2 nitrogen and oxygen atoms in total. The van der Waals surface area contributed by atoms with Crippen LogP contribution in [0.2, 0.25) is 0 Å². The Morgan fingerprint density at radius 2 is 1.75 bits per heavy atom. The van der Waals surface area contributed by atoms with Crippen molar-refractivity contribution in [1.29, 1.82) is 0 Å². The molecule has 1 N–H and O–H groups in total. The monoisotopic (exact) mass is 352 g/mol. The minimum Gasteiger partial charge on any atom is -0.346 e. The number of halogens is 1. The number of H-pyrrole nitrogens is 1. The Kier molecular flexibility index (Phi) is 3.12. The zero-order chi connectivity index (χ0) is 13.9. The summed E-state index contributed by atoms with van der Waals surface area (Å²) >= 11 is 9.06. The number of rotatable bonds is 2. The summed E-state index contributed by atoms with van der Waals surface area (Å²) in [5.41, 5.74) is 1.53. The molecule has 4 aliphatic carbocycles. The fourth-order valence-corrected chi connectivity index (χ4v) is 6.08. The van der Waals surface area contributed by atoms with Crippen LogP contribution in [0.1, 0.15) is 57.0 Å². The summed E-state index contributed by atoms with van der Waals surface area (Å²) in [4.78, 5) is 8.42. The largest absolute Gasteiger partial charge is 0.346 e. The normalized spacial score (nSPS) is 38.4. The Morgan fingerprint density at radius 3 is 2.25 bits per heavy atom. The summed E-state index contributed by atoms with van der Waals surface area (Å²) in [7, 11) is 0. The van der Waals surface area contributed by atoms with Gasteiger partial charge in [0.25, 0.3) is 0 Å². The van der Waals surface area contributed by atoms with Gasteiger partial charge in [-0.3, -0.25) is 0 Å². The molecular weight excluding hydrogens is 332 g/mol. The number of aryl methyl sites for hydroxylation is 1. The fraction of sp³-hybridized carbons (Fsp3) is 0.750. The maximum Gasteiger partial charge on any atom is 0.144 e. The Bertz CT molecular complexity index is 572. The molecule has 1 aromatic rings. The van der Waals surface area contributed by atoms with Gasteiger partial charge in [0.1, 0.15) is 10.5 Å². The number of hydrogen-bond donors (Lipinski definition) is 1. The van der Waals surface area contributed by atoms with Gasteiger partial charge in [-0.1, -0.05) is 19.1 Å². The number of hydrogen-bond acceptors (Lipinski definition) is 2. The van der Waals surface area contributed by atoms with Crippen LogP contribution in [0.5, 0.6) is 0 Å². The van der Waals surface area contributed by atoms with Crippen molar-refractivity contribution < 1.29 is 0 Å². The highest BCUT2D eigenvalue weighted by molar-refractivity contribution is 9.10. The molecule has 0 saturated heterocycles. The molecule has 0 aliphatic heterocycles. The molecule has 4 heteroatoms. The van der Waals surface area contributed by atoms with E-state index in [1.165, 1.54) is 50.0 Å². The van der Waals surface area contributed by atoms with Crippen molar-refractivity contribution >= 4 is 28.1 Å². The third-order valence-corrected chi connectivity index (χ3v) is 7.24. The van der Waals surface area contributed by atoms with Gasteiger partial charge in [-0.2, -0.15) is 0 Å². The van der Waals surface area contributed by atoms with Gasteiger partial charge in [-0.05, 0) is 78.6 Å². The molecule has 108 valence electrons. The predicted molar refractivity (Wildman–Crippen MR) is 86.3 cm³/mol. The molecule has 20 heavy (non-hydrogen) atoms. The van der Waals surface area contributed by atoms with Gasteiger partial charge < -0.3 is 4.98 Å². The van der Waals surface area contributed by atoms with Crippen molar-refractivity contribution in [1.82, 2.24) is 9.97 Å². The van der Waals surface area contributed by atoms with Crippen LogP contribution in [0.4, 0.5) is 0 Å². The first-order valence-corrected chi connectivity index (χ1v) is 9.09. The SMILES string of the molecule is CCc1[nH]c(C23CC4CC(CC(C4)C2)C3)nc(=S)c1Br. The van der Waals surface area contributed by atoms with Gasteiger partial charge >= 0.3 is 0 Å². The first-order valence-electron chi connectivity index (χ1n) is 7.89. The molecule has 4 bridgehead atoms. The number of aromatic amines is 1. The number of aromatic nitrogens is 2. The molecule has 1 aromatic heterocycles. The highest BCUT2D eigenvalue weighted by Gasteiger charge is 2.52. The molecule has 0 spiro atoms. The summed E-state index contributed by atoms with van der Waals surface area (Å²) in [6.45, 7) is 2.18. The molecule has 1 heterocycles. The van der Waals surface area contributed by atoms with E-state index < -0.39 is 0 Å². The van der Waals surface area contributed by atoms with Crippen LogP contribution in [0.15, 0.2) is 4.47 Å². The zero-order valence-electron chi connectivity index (χ0n) is 11.9. The topological polar surface area (TPSA) is 28.7 Å². The summed E-state index contributed by atoms with van der Waals surface area (Å²) in [5.74, 6) is 4.03. The third-order valence-electron chi connectivity index (χ3n) is 5.83. The fourth-order valence-electron chi connectivity index (χ4n) is 5.40. The molecule has 4 aliphatic rings. The molecule has 5 rings (SSSR count). The molecule has 0 radical (unpaired) electrons. The second kappa shape index (κ2) is 4.64. The lowest BCUT2D eigenvalue weighted by molar-refractivity contribution is -0.00956. The van der Waals surface area contributed by atoms with Crippen LogP contribution >= 0.6 is 28.1 Å². The van der Waals surface area contributed by atoms with E-state index in [9.17, 15) is 0 Å². The van der Waals surface area contributed by atoms with E-state index in [1.54, 1.807) is 0 Å². The average Bonchev–Trinajstić information content (AvgIpc) is 2.40. The lowest BCUT2D eigenvalue weighted by Crippen LogP contribution is -2.49. The highest BCUT2D eigenvalue weighted by Crippen LogP contribution is 2.60. The van der Waals surface area contributed by atoms with E-state index in [4.69, 9.17) is 17.2 Å². The van der Waals surface area contributed by atoms with Gasteiger partial charge in [0.15, 0.2) is 0 Å². The van der Waals surface area contributed by atoms with Crippen molar-refractivity contribution in [3.05, 3.63) is 20.6 Å². The summed E-state index contributed by atoms with van der Waals surface area (Å²) in [6.07, 6.45) is 9.39. The highest BCUT2D eigenvalue weighted by atomic mass is 79.9. The first kappa shape index (κ1) is 13.4. The lowest BCUT2D eigenvalue weighted by atomic mass is 9.49. The van der Waals surface area contributed by atoms with Crippen LogP contribution in [-0.2, 0) is 11.8 Å². The molecule has 0 aromatic carbocycles. The summed E-state index contributed by atoms with van der Waals surface area (Å²) < 4.78 is 1.73. The minimum atomic E-state index is 0.312. The molecule has 0 unspecified atom stereocenters. The van der Waals surface area contributed by atoms with Crippen molar-refractivity contribution in [2.24, 2.45) is 17.8 Å². The number of nitrogens with zero attached hydrogens (tertiary/aromatic N) is 1. The maximum absolute atomic E-state index is 5.47. The first-order chi connectivity index (χ1) is 9.59. The van der Waals surface area contributed by atoms with E-state index in [1.807, 2.05) is 0 Å². The van der Waals surface area contributed by atoms with Crippen molar-refractivity contribution in [2.75, 3.05) is 0 Å². The second-order valence-corrected chi connectivity index (χ2v) is 8.41. The van der Waals surface area contributed by atoms with Gasteiger partial charge in [-0.25, -0.2) is 4.98 Å². The van der Waals surface area contributed by atoms with Crippen LogP contribution in [0.25, 0.3) is 0 Å². The van der Waals surface area contributed by atoms with E-state index in [-0.39, 0.29) is 0 Å². The van der Waals surface area contributed by atoms with Crippen molar-refractivity contribution in [3.8, 4) is 0 Å². The number of nitrogens with one attached hydrogen (secondary N) is 1. The van der Waals surface area contributed by atoms with Gasteiger partial charge in [0, 0.05) is 11.1 Å². The van der Waals surface area contributed by atoms with Crippen molar-refractivity contribution in [2.45, 2.75) is 57.3 Å². The van der Waals surface area contributed by atoms with Crippen LogP contribution in [0, 0.1) is 22.4 Å². The van der Waals surface area contributed by atoms with Crippen LogP contribution in [-0.4, -0.2) is 9.97 Å². The lowest BCUT2D eigenvalue weighted by Gasteiger charge is -2.56. The molecule has 0 atom stereocenters. The Hall–Kier alpha value is -0.220. The minimum absolute atomic E-state index is 0.312. The predicted octanol–water partition coefficient (Wildman–Crippen LogP) is 4.93. The third kappa shape index (κ3) is 1.94. The molecule has 0 amide bonds. The van der Waals surface area contributed by atoms with Crippen molar-refractivity contribution in [3.63, 3.8) is 0 Å². The van der Waals surface area contributed by atoms with E-state index >= 15 is 0 Å². The smallest absolute Gasteiger partial charge is 0.144 e. The molecule has 4 fully saturated rings. The maximum atomic E-state index is 5.47. The van der Waals surface area contributed by atoms with E-state index in [2.05, 4.69) is 27.8 Å². The Labute approximate surface area is 133 Å². The summed E-state index contributed by atoms with van der Waals surface area (Å²) in [6, 6.07) is 0. The molecular formula is C16H21BrN2S. The van der Waals surface area contributed by atoms with E-state index in [0.717, 1.165) is 33.3 Å². The van der Waals surface area contributed by atoms with E-state index in [0.29, 0.717) is 5.41 Å². The quantitative estimate of drug-likeness (QED) is 0.764. The average molecular weight is 353 g/mol. The second-order valence-electron chi connectivity index (χ2n) is 7.23. The van der Waals surface area contributed by atoms with Gasteiger partial charge in [0.05, 0.1) is 4.47 Å². The van der Waals surface area contributed by atoms with Crippen LogP contribution < -0.4 is 0 Å². The Balaban J connectivity index is 1.81. The Morgan fingerprint density at radius 1 is 1.20 bits per heavy atom.